The van der Waals surface area contributed by atoms with Crippen LogP contribution in [0, 0.1) is 18.3 Å². The lowest BCUT2D eigenvalue weighted by Gasteiger charge is -2.06. The summed E-state index contributed by atoms with van der Waals surface area (Å²) in [5.41, 5.74) is 1.44. The zero-order valence-electron chi connectivity index (χ0n) is 12.0. The summed E-state index contributed by atoms with van der Waals surface area (Å²) in [6.07, 6.45) is 1.74. The zero-order chi connectivity index (χ0) is 15.2. The van der Waals surface area contributed by atoms with Crippen molar-refractivity contribution < 1.29 is 9.53 Å². The van der Waals surface area contributed by atoms with Gasteiger partial charge in [0, 0.05) is 13.2 Å². The lowest BCUT2D eigenvalue weighted by molar-refractivity contribution is -0.116. The molecule has 21 heavy (non-hydrogen) atoms. The zero-order valence-corrected chi connectivity index (χ0v) is 12.0. The summed E-state index contributed by atoms with van der Waals surface area (Å²) >= 11 is 0. The molecule has 2 aromatic rings. The Hall–Kier alpha value is -2.81. The second-order valence-corrected chi connectivity index (χ2v) is 4.64. The Labute approximate surface area is 123 Å². The maximum absolute atomic E-state index is 11.8. The molecule has 0 radical (unpaired) electrons. The minimum Gasteiger partial charge on any atom is -0.493 e. The SMILES string of the molecule is Cc1cccc(OCCC(=O)Nc2nn(C)cc2C#N)c1. The summed E-state index contributed by atoms with van der Waals surface area (Å²) in [6, 6.07) is 9.61. The number of benzene rings is 1. The average Bonchev–Trinajstić information content (AvgIpc) is 2.78. The molecule has 1 amide bonds. The molecule has 0 aliphatic rings. The molecular weight excluding hydrogens is 268 g/mol. The summed E-state index contributed by atoms with van der Waals surface area (Å²) in [6.45, 7) is 2.24. The first-order chi connectivity index (χ1) is 10.1. The smallest absolute Gasteiger partial charge is 0.229 e. The highest BCUT2D eigenvalue weighted by atomic mass is 16.5. The lowest BCUT2D eigenvalue weighted by atomic mass is 10.2. The first kappa shape index (κ1) is 14.6. The molecule has 1 heterocycles. The highest BCUT2D eigenvalue weighted by molar-refractivity contribution is 5.90. The third kappa shape index (κ3) is 4.08. The van der Waals surface area contributed by atoms with Crippen molar-refractivity contribution in [2.24, 2.45) is 7.05 Å². The van der Waals surface area contributed by atoms with E-state index in [0.717, 1.165) is 11.3 Å². The third-order valence-electron chi connectivity index (χ3n) is 2.79. The molecule has 2 rings (SSSR count). The number of hydrogen-bond donors (Lipinski definition) is 1. The topological polar surface area (TPSA) is 79.9 Å². The van der Waals surface area contributed by atoms with Crippen LogP contribution < -0.4 is 10.1 Å². The molecule has 0 aliphatic carbocycles. The fourth-order valence-electron chi connectivity index (χ4n) is 1.82. The second-order valence-electron chi connectivity index (χ2n) is 4.64. The Bertz CT molecular complexity index is 685. The van der Waals surface area contributed by atoms with Crippen LogP contribution in [-0.2, 0) is 11.8 Å². The molecule has 6 heteroatoms. The summed E-state index contributed by atoms with van der Waals surface area (Å²) in [7, 11) is 1.69. The Morgan fingerprint density at radius 3 is 3.05 bits per heavy atom. The van der Waals surface area contributed by atoms with E-state index in [4.69, 9.17) is 10.00 Å². The number of amides is 1. The molecule has 0 spiro atoms. The van der Waals surface area contributed by atoms with E-state index in [0.29, 0.717) is 5.56 Å². The minimum absolute atomic E-state index is 0.190. The average molecular weight is 284 g/mol. The number of nitrogens with zero attached hydrogens (tertiary/aromatic N) is 3. The maximum Gasteiger partial charge on any atom is 0.229 e. The summed E-state index contributed by atoms with van der Waals surface area (Å²) in [5.74, 6) is 0.775. The molecule has 108 valence electrons. The number of aryl methyl sites for hydroxylation is 2. The molecule has 1 aromatic heterocycles. The van der Waals surface area contributed by atoms with Gasteiger partial charge in [0.05, 0.1) is 13.0 Å². The number of anilines is 1. The monoisotopic (exact) mass is 284 g/mol. The van der Waals surface area contributed by atoms with Crippen molar-refractivity contribution in [2.45, 2.75) is 13.3 Å². The van der Waals surface area contributed by atoms with Crippen molar-refractivity contribution in [2.75, 3.05) is 11.9 Å². The Morgan fingerprint density at radius 1 is 1.52 bits per heavy atom. The van der Waals surface area contributed by atoms with Gasteiger partial charge in [-0.3, -0.25) is 9.48 Å². The Balaban J connectivity index is 1.84. The first-order valence-electron chi connectivity index (χ1n) is 6.51. The molecule has 0 saturated heterocycles. The van der Waals surface area contributed by atoms with Crippen molar-refractivity contribution in [3.63, 3.8) is 0 Å². The standard InChI is InChI=1S/C15H16N4O2/c1-11-4-3-5-13(8-11)21-7-6-14(20)17-15-12(9-16)10-19(2)18-15/h3-5,8,10H,6-7H2,1-2H3,(H,17,18,20). The van der Waals surface area contributed by atoms with E-state index >= 15 is 0 Å². The number of carbonyl (C=O) groups is 1. The van der Waals surface area contributed by atoms with Gasteiger partial charge in [-0.2, -0.15) is 10.4 Å². The first-order valence-corrected chi connectivity index (χ1v) is 6.51. The fourth-order valence-corrected chi connectivity index (χ4v) is 1.82. The third-order valence-corrected chi connectivity index (χ3v) is 2.79. The quantitative estimate of drug-likeness (QED) is 0.910. The van der Waals surface area contributed by atoms with Gasteiger partial charge >= 0.3 is 0 Å². The molecule has 0 aliphatic heterocycles. The van der Waals surface area contributed by atoms with Crippen molar-refractivity contribution in [3.05, 3.63) is 41.6 Å². The van der Waals surface area contributed by atoms with Gasteiger partial charge in [-0.1, -0.05) is 12.1 Å². The predicted octanol–water partition coefficient (Wildman–Crippen LogP) is 2.01. The van der Waals surface area contributed by atoms with Crippen LogP contribution in [0.25, 0.3) is 0 Å². The van der Waals surface area contributed by atoms with Crippen LogP contribution in [0.5, 0.6) is 5.75 Å². The molecule has 0 unspecified atom stereocenters. The lowest BCUT2D eigenvalue weighted by Crippen LogP contribution is -2.16. The maximum atomic E-state index is 11.8. The van der Waals surface area contributed by atoms with Gasteiger partial charge in [0.15, 0.2) is 5.82 Å². The van der Waals surface area contributed by atoms with E-state index in [1.54, 1.807) is 13.2 Å². The largest absolute Gasteiger partial charge is 0.493 e. The number of rotatable bonds is 5. The van der Waals surface area contributed by atoms with E-state index in [1.807, 2.05) is 37.3 Å². The molecular formula is C15H16N4O2. The van der Waals surface area contributed by atoms with Gasteiger partial charge in [0.2, 0.25) is 5.91 Å². The summed E-state index contributed by atoms with van der Waals surface area (Å²) in [5, 5.41) is 15.5. The number of hydrogen-bond acceptors (Lipinski definition) is 4. The van der Waals surface area contributed by atoms with Crippen molar-refractivity contribution >= 4 is 11.7 Å². The van der Waals surface area contributed by atoms with Crippen LogP contribution in [0.3, 0.4) is 0 Å². The van der Waals surface area contributed by atoms with E-state index in [9.17, 15) is 4.79 Å². The van der Waals surface area contributed by atoms with Crippen molar-refractivity contribution in [1.82, 2.24) is 9.78 Å². The number of ether oxygens (including phenoxy) is 1. The van der Waals surface area contributed by atoms with Crippen LogP contribution in [0.4, 0.5) is 5.82 Å². The summed E-state index contributed by atoms with van der Waals surface area (Å²) in [4.78, 5) is 11.8. The molecule has 1 aromatic carbocycles. The van der Waals surface area contributed by atoms with Gasteiger partial charge in [-0.15, -0.1) is 0 Å². The van der Waals surface area contributed by atoms with Gasteiger partial charge in [-0.05, 0) is 24.6 Å². The molecule has 0 saturated carbocycles. The summed E-state index contributed by atoms with van der Waals surface area (Å²) < 4.78 is 6.99. The van der Waals surface area contributed by atoms with Gasteiger partial charge in [-0.25, -0.2) is 0 Å². The highest BCUT2D eigenvalue weighted by Crippen LogP contribution is 2.13. The van der Waals surface area contributed by atoms with Crippen molar-refractivity contribution in [3.8, 4) is 11.8 Å². The minimum atomic E-state index is -0.238. The number of carbonyl (C=O) groups excluding carboxylic acids is 1. The van der Waals surface area contributed by atoms with E-state index in [-0.39, 0.29) is 24.8 Å². The van der Waals surface area contributed by atoms with E-state index < -0.39 is 0 Å². The van der Waals surface area contributed by atoms with Crippen LogP contribution in [-0.4, -0.2) is 22.3 Å². The number of aromatic nitrogens is 2. The molecule has 6 nitrogen and oxygen atoms in total. The highest BCUT2D eigenvalue weighted by Gasteiger charge is 2.10. The van der Waals surface area contributed by atoms with Gasteiger partial charge in [0.25, 0.3) is 0 Å². The van der Waals surface area contributed by atoms with E-state index in [2.05, 4.69) is 10.4 Å². The van der Waals surface area contributed by atoms with Crippen LogP contribution in [0.1, 0.15) is 17.5 Å². The van der Waals surface area contributed by atoms with Crippen molar-refractivity contribution in [1.29, 1.82) is 5.26 Å². The van der Waals surface area contributed by atoms with Crippen LogP contribution in [0.2, 0.25) is 0 Å². The molecule has 1 N–H and O–H groups in total. The Kier molecular flexibility index (Phi) is 4.57. The van der Waals surface area contributed by atoms with Crippen LogP contribution >= 0.6 is 0 Å². The number of nitriles is 1. The Morgan fingerprint density at radius 2 is 2.33 bits per heavy atom. The van der Waals surface area contributed by atoms with E-state index in [1.165, 1.54) is 4.68 Å². The van der Waals surface area contributed by atoms with Crippen LogP contribution in [0.15, 0.2) is 30.5 Å². The van der Waals surface area contributed by atoms with Gasteiger partial charge < -0.3 is 10.1 Å². The second kappa shape index (κ2) is 6.57. The number of nitrogens with one attached hydrogen (secondary N) is 1. The molecule has 0 atom stereocenters. The molecule has 0 bridgehead atoms. The molecule has 0 fully saturated rings. The van der Waals surface area contributed by atoms with Gasteiger partial charge in [0.1, 0.15) is 17.4 Å². The fraction of sp³-hybridized carbons (Fsp3) is 0.267. The predicted molar refractivity (Wildman–Crippen MR) is 77.8 cm³/mol. The normalized spacial score (nSPS) is 9.95.